The Morgan fingerprint density at radius 3 is 2.73 bits per heavy atom. The minimum Gasteiger partial charge on any atom is -0.310 e. The van der Waals surface area contributed by atoms with E-state index in [0.29, 0.717) is 18.7 Å². The van der Waals surface area contributed by atoms with Crippen molar-refractivity contribution in [3.63, 3.8) is 0 Å². The first-order valence-corrected chi connectivity index (χ1v) is 9.51. The second-order valence-corrected chi connectivity index (χ2v) is 7.15. The van der Waals surface area contributed by atoms with Crippen molar-refractivity contribution in [2.75, 3.05) is 11.4 Å². The van der Waals surface area contributed by atoms with E-state index in [4.69, 9.17) is 0 Å². The first-order chi connectivity index (χ1) is 14.6. The third-order valence-electron chi connectivity index (χ3n) is 5.23. The highest BCUT2D eigenvalue weighted by atomic mass is 19.1. The Morgan fingerprint density at radius 1 is 1.10 bits per heavy atom. The van der Waals surface area contributed by atoms with E-state index in [1.54, 1.807) is 17.0 Å². The van der Waals surface area contributed by atoms with Gasteiger partial charge < -0.3 is 4.90 Å². The highest BCUT2D eigenvalue weighted by molar-refractivity contribution is 5.95. The standard InChI is InChI=1S/C21H17FN6O2/c22-16-7-5-14(6-8-16)11-28-20-19(24-25-28)21(30)26(13-23-20)12-18(29)27-10-9-15-3-1-2-4-17(15)27/h1-8,13H,9-12H2. The van der Waals surface area contributed by atoms with Crippen LogP contribution in [-0.4, -0.2) is 37.0 Å². The molecule has 0 aliphatic carbocycles. The van der Waals surface area contributed by atoms with E-state index >= 15 is 0 Å². The number of rotatable bonds is 4. The Labute approximate surface area is 170 Å². The van der Waals surface area contributed by atoms with E-state index in [0.717, 1.165) is 23.2 Å². The zero-order valence-electron chi connectivity index (χ0n) is 15.9. The average Bonchev–Trinajstić information content (AvgIpc) is 3.36. The molecule has 5 rings (SSSR count). The monoisotopic (exact) mass is 404 g/mol. The molecule has 0 saturated carbocycles. The number of halogens is 1. The summed E-state index contributed by atoms with van der Waals surface area (Å²) >= 11 is 0. The maximum atomic E-state index is 13.1. The predicted octanol–water partition coefficient (Wildman–Crippen LogP) is 1.76. The van der Waals surface area contributed by atoms with Gasteiger partial charge in [0.2, 0.25) is 5.91 Å². The molecule has 0 fully saturated rings. The molecule has 0 radical (unpaired) electrons. The molecule has 2 aromatic carbocycles. The van der Waals surface area contributed by atoms with Crippen LogP contribution in [0.4, 0.5) is 10.1 Å². The zero-order chi connectivity index (χ0) is 20.7. The minimum atomic E-state index is -0.425. The SMILES string of the molecule is O=C(Cn1cnc2c(nnn2Cc2ccc(F)cc2)c1=O)N1CCc2ccccc21. The van der Waals surface area contributed by atoms with Gasteiger partial charge in [0.15, 0.2) is 11.2 Å². The fourth-order valence-corrected chi connectivity index (χ4v) is 3.70. The van der Waals surface area contributed by atoms with Gasteiger partial charge in [-0.2, -0.15) is 0 Å². The molecule has 0 N–H and O–H groups in total. The van der Waals surface area contributed by atoms with Crippen LogP contribution in [0.2, 0.25) is 0 Å². The lowest BCUT2D eigenvalue weighted by molar-refractivity contribution is -0.119. The summed E-state index contributed by atoms with van der Waals surface area (Å²) in [5, 5.41) is 7.95. The van der Waals surface area contributed by atoms with Gasteiger partial charge in [0, 0.05) is 12.2 Å². The molecule has 150 valence electrons. The highest BCUT2D eigenvalue weighted by Crippen LogP contribution is 2.27. The number of fused-ring (bicyclic) bond motifs is 2. The summed E-state index contributed by atoms with van der Waals surface area (Å²) in [6, 6.07) is 13.7. The second-order valence-electron chi connectivity index (χ2n) is 7.15. The number of hydrogen-bond acceptors (Lipinski definition) is 5. The Bertz CT molecular complexity index is 1310. The minimum absolute atomic E-state index is 0.0919. The molecular formula is C21H17FN6O2. The molecule has 9 heteroatoms. The molecule has 0 unspecified atom stereocenters. The van der Waals surface area contributed by atoms with Gasteiger partial charge in [0.25, 0.3) is 5.56 Å². The quantitative estimate of drug-likeness (QED) is 0.517. The van der Waals surface area contributed by atoms with Crippen molar-refractivity contribution < 1.29 is 9.18 Å². The van der Waals surface area contributed by atoms with Crippen LogP contribution >= 0.6 is 0 Å². The fraction of sp³-hybridized carbons (Fsp3) is 0.190. The van der Waals surface area contributed by atoms with Gasteiger partial charge in [-0.1, -0.05) is 35.5 Å². The number of anilines is 1. The van der Waals surface area contributed by atoms with E-state index in [1.165, 1.54) is 27.7 Å². The van der Waals surface area contributed by atoms with Gasteiger partial charge in [0.05, 0.1) is 6.54 Å². The number of aromatic nitrogens is 5. The fourth-order valence-electron chi connectivity index (χ4n) is 3.70. The summed E-state index contributed by atoms with van der Waals surface area (Å²) in [6.45, 7) is 0.772. The number of carbonyl (C=O) groups is 1. The van der Waals surface area contributed by atoms with Crippen LogP contribution in [0.5, 0.6) is 0 Å². The average molecular weight is 404 g/mol. The lowest BCUT2D eigenvalue weighted by Crippen LogP contribution is -2.35. The van der Waals surface area contributed by atoms with Crippen LogP contribution < -0.4 is 10.5 Å². The molecule has 0 spiro atoms. The van der Waals surface area contributed by atoms with Gasteiger partial charge >= 0.3 is 0 Å². The van der Waals surface area contributed by atoms with Gasteiger partial charge in [-0.15, -0.1) is 5.10 Å². The normalized spacial score (nSPS) is 13.0. The first-order valence-electron chi connectivity index (χ1n) is 9.51. The molecule has 0 atom stereocenters. The van der Waals surface area contributed by atoms with E-state index < -0.39 is 5.56 Å². The highest BCUT2D eigenvalue weighted by Gasteiger charge is 2.25. The molecular weight excluding hydrogens is 387 g/mol. The summed E-state index contributed by atoms with van der Waals surface area (Å²) in [6.07, 6.45) is 2.14. The number of benzene rings is 2. The molecule has 1 amide bonds. The van der Waals surface area contributed by atoms with Gasteiger partial charge in [-0.05, 0) is 35.7 Å². The van der Waals surface area contributed by atoms with Gasteiger partial charge in [-0.25, -0.2) is 14.1 Å². The summed E-state index contributed by atoms with van der Waals surface area (Å²) in [5.41, 5.74) is 2.79. The second kappa shape index (κ2) is 7.18. The van der Waals surface area contributed by atoms with Crippen molar-refractivity contribution in [2.24, 2.45) is 0 Å². The Kier molecular flexibility index (Phi) is 4.35. The van der Waals surface area contributed by atoms with Crippen LogP contribution in [0, 0.1) is 5.82 Å². The third-order valence-corrected chi connectivity index (χ3v) is 5.23. The number of amides is 1. The molecule has 4 aromatic rings. The van der Waals surface area contributed by atoms with Gasteiger partial charge in [0.1, 0.15) is 18.7 Å². The van der Waals surface area contributed by atoms with Crippen LogP contribution in [-0.2, 0) is 24.3 Å². The van der Waals surface area contributed by atoms with Crippen LogP contribution in [0.1, 0.15) is 11.1 Å². The molecule has 2 aromatic heterocycles. The molecule has 1 aliphatic rings. The molecule has 8 nitrogen and oxygen atoms in total. The lowest BCUT2D eigenvalue weighted by atomic mass is 10.2. The van der Waals surface area contributed by atoms with E-state index in [2.05, 4.69) is 15.3 Å². The Hall–Kier alpha value is -3.88. The van der Waals surface area contributed by atoms with Crippen molar-refractivity contribution in [3.05, 3.63) is 82.2 Å². The smallest absolute Gasteiger partial charge is 0.283 e. The Morgan fingerprint density at radius 2 is 1.90 bits per heavy atom. The predicted molar refractivity (Wildman–Crippen MR) is 108 cm³/mol. The number of hydrogen-bond donors (Lipinski definition) is 0. The van der Waals surface area contributed by atoms with Crippen molar-refractivity contribution in [2.45, 2.75) is 19.5 Å². The number of para-hydroxylation sites is 1. The van der Waals surface area contributed by atoms with Gasteiger partial charge in [-0.3, -0.25) is 14.2 Å². The molecule has 1 aliphatic heterocycles. The molecule has 3 heterocycles. The topological polar surface area (TPSA) is 85.9 Å². The summed E-state index contributed by atoms with van der Waals surface area (Å²) in [7, 11) is 0. The zero-order valence-corrected chi connectivity index (χ0v) is 15.9. The van der Waals surface area contributed by atoms with Crippen LogP contribution in [0.15, 0.2) is 59.7 Å². The lowest BCUT2D eigenvalue weighted by Gasteiger charge is -2.17. The molecule has 0 saturated heterocycles. The van der Waals surface area contributed by atoms with Crippen molar-refractivity contribution in [1.29, 1.82) is 0 Å². The maximum Gasteiger partial charge on any atom is 0.283 e. The van der Waals surface area contributed by atoms with Crippen LogP contribution in [0.3, 0.4) is 0 Å². The third kappa shape index (κ3) is 3.14. The molecule has 0 bridgehead atoms. The Balaban J connectivity index is 1.40. The van der Waals surface area contributed by atoms with Crippen molar-refractivity contribution >= 4 is 22.8 Å². The first kappa shape index (κ1) is 18.2. The maximum absolute atomic E-state index is 13.1. The summed E-state index contributed by atoms with van der Waals surface area (Å²) in [5.74, 6) is -0.504. The van der Waals surface area contributed by atoms with E-state index in [9.17, 15) is 14.0 Å². The molecule has 30 heavy (non-hydrogen) atoms. The largest absolute Gasteiger partial charge is 0.310 e. The van der Waals surface area contributed by atoms with E-state index in [1.807, 2.05) is 24.3 Å². The number of carbonyl (C=O) groups excluding carboxylic acids is 1. The van der Waals surface area contributed by atoms with Crippen LogP contribution in [0.25, 0.3) is 11.2 Å². The van der Waals surface area contributed by atoms with Crippen molar-refractivity contribution in [3.8, 4) is 0 Å². The van der Waals surface area contributed by atoms with Crippen molar-refractivity contribution in [1.82, 2.24) is 24.5 Å². The summed E-state index contributed by atoms with van der Waals surface area (Å²) < 4.78 is 15.8. The summed E-state index contributed by atoms with van der Waals surface area (Å²) in [4.78, 5) is 31.6. The van der Waals surface area contributed by atoms with E-state index in [-0.39, 0.29) is 23.8 Å². The number of nitrogens with zero attached hydrogens (tertiary/aromatic N) is 6.